The second-order valence-electron chi connectivity index (χ2n) is 6.04. The van der Waals surface area contributed by atoms with Gasteiger partial charge in [0.15, 0.2) is 0 Å². The molecule has 0 radical (unpaired) electrons. The summed E-state index contributed by atoms with van der Waals surface area (Å²) in [5.74, 6) is 0.771. The van der Waals surface area contributed by atoms with Gasteiger partial charge in [0.2, 0.25) is 0 Å². The predicted octanol–water partition coefficient (Wildman–Crippen LogP) is 2.53. The lowest BCUT2D eigenvalue weighted by molar-refractivity contribution is -0.384. The number of aromatic nitrogens is 1. The minimum absolute atomic E-state index is 0.135. The Morgan fingerprint density at radius 1 is 1.31 bits per heavy atom. The third-order valence-electron chi connectivity index (χ3n) is 4.33. The fourth-order valence-electron chi connectivity index (χ4n) is 2.95. The molecule has 1 aromatic carbocycles. The molecule has 0 saturated carbocycles. The van der Waals surface area contributed by atoms with E-state index in [4.69, 9.17) is 4.74 Å². The molecule has 1 aromatic heterocycles. The van der Waals surface area contributed by atoms with Crippen molar-refractivity contribution < 1.29 is 14.5 Å². The number of carbonyl (C=O) groups excluding carboxylic acids is 1. The molecule has 1 N–H and O–H groups in total. The molecule has 1 saturated heterocycles. The molecule has 8 heteroatoms. The molecule has 136 valence electrons. The molecule has 8 nitrogen and oxygen atoms in total. The van der Waals surface area contributed by atoms with Gasteiger partial charge in [-0.1, -0.05) is 0 Å². The molecule has 2 heterocycles. The van der Waals surface area contributed by atoms with Gasteiger partial charge in [-0.15, -0.1) is 0 Å². The van der Waals surface area contributed by atoms with Gasteiger partial charge in [0, 0.05) is 38.0 Å². The number of carbonyl (C=O) groups is 1. The highest BCUT2D eigenvalue weighted by Crippen LogP contribution is 2.24. The lowest BCUT2D eigenvalue weighted by atomic mass is 10.1. The van der Waals surface area contributed by atoms with Crippen LogP contribution in [-0.2, 0) is 6.54 Å². The monoisotopic (exact) mass is 356 g/mol. The summed E-state index contributed by atoms with van der Waals surface area (Å²) in [6.07, 6.45) is 4.05. The fourth-order valence-corrected chi connectivity index (χ4v) is 2.95. The zero-order valence-corrected chi connectivity index (χ0v) is 14.5. The number of nitrogens with one attached hydrogen (secondary N) is 1. The standard InChI is InChI=1S/C18H20N4O4/c1-26-16-5-4-14(22(24)25)11-15(16)18(23)20-12-13-6-7-19-17(10-13)21-8-2-3-9-21/h4-7,10-11H,2-3,8-9,12H2,1H3,(H,20,23). The van der Waals surface area contributed by atoms with Crippen LogP contribution in [0.2, 0.25) is 0 Å². The molecular weight excluding hydrogens is 336 g/mol. The Hall–Kier alpha value is -3.16. The van der Waals surface area contributed by atoms with E-state index in [0.717, 1.165) is 37.3 Å². The van der Waals surface area contributed by atoms with Gasteiger partial charge in [0.1, 0.15) is 11.6 Å². The van der Waals surface area contributed by atoms with Gasteiger partial charge in [0.25, 0.3) is 11.6 Å². The molecule has 26 heavy (non-hydrogen) atoms. The zero-order valence-electron chi connectivity index (χ0n) is 14.5. The smallest absolute Gasteiger partial charge is 0.270 e. The molecule has 0 unspecified atom stereocenters. The van der Waals surface area contributed by atoms with E-state index in [1.165, 1.54) is 25.3 Å². The van der Waals surface area contributed by atoms with Crippen molar-refractivity contribution in [3.05, 3.63) is 57.8 Å². The first-order valence-electron chi connectivity index (χ1n) is 8.39. The van der Waals surface area contributed by atoms with Crippen molar-refractivity contribution in [2.75, 3.05) is 25.1 Å². The summed E-state index contributed by atoms with van der Waals surface area (Å²) in [5.41, 5.74) is 0.895. The molecule has 1 amide bonds. The van der Waals surface area contributed by atoms with Crippen LogP contribution in [0.4, 0.5) is 11.5 Å². The number of pyridine rings is 1. The Morgan fingerprint density at radius 3 is 2.77 bits per heavy atom. The van der Waals surface area contributed by atoms with Gasteiger partial charge < -0.3 is 15.0 Å². The van der Waals surface area contributed by atoms with E-state index >= 15 is 0 Å². The van der Waals surface area contributed by atoms with Gasteiger partial charge in [-0.3, -0.25) is 14.9 Å². The number of nitro benzene ring substituents is 1. The lowest BCUT2D eigenvalue weighted by Crippen LogP contribution is -2.24. The molecule has 3 rings (SSSR count). The molecule has 0 spiro atoms. The van der Waals surface area contributed by atoms with Crippen molar-refractivity contribution >= 4 is 17.4 Å². The number of rotatable bonds is 6. The highest BCUT2D eigenvalue weighted by Gasteiger charge is 2.18. The molecule has 2 aromatic rings. The zero-order chi connectivity index (χ0) is 18.5. The van der Waals surface area contributed by atoms with Crippen molar-refractivity contribution in [3.8, 4) is 5.75 Å². The van der Waals surface area contributed by atoms with E-state index in [9.17, 15) is 14.9 Å². The van der Waals surface area contributed by atoms with Gasteiger partial charge in [-0.25, -0.2) is 4.98 Å². The van der Waals surface area contributed by atoms with Crippen molar-refractivity contribution in [2.24, 2.45) is 0 Å². The minimum Gasteiger partial charge on any atom is -0.496 e. The number of benzene rings is 1. The number of hydrogen-bond donors (Lipinski definition) is 1. The van der Waals surface area contributed by atoms with Gasteiger partial charge >= 0.3 is 0 Å². The Bertz CT molecular complexity index is 819. The van der Waals surface area contributed by atoms with Crippen LogP contribution < -0.4 is 15.0 Å². The molecule has 1 aliphatic rings. The maximum Gasteiger partial charge on any atom is 0.270 e. The number of nitrogens with zero attached hydrogens (tertiary/aromatic N) is 3. The fraction of sp³-hybridized carbons (Fsp3) is 0.333. The summed E-state index contributed by atoms with van der Waals surface area (Å²) >= 11 is 0. The largest absolute Gasteiger partial charge is 0.496 e. The second kappa shape index (κ2) is 7.81. The van der Waals surface area contributed by atoms with Crippen LogP contribution >= 0.6 is 0 Å². The average molecular weight is 356 g/mol. The molecular formula is C18H20N4O4. The molecule has 0 atom stereocenters. The summed E-state index contributed by atoms with van der Waals surface area (Å²) in [7, 11) is 1.42. The Labute approximate surface area is 150 Å². The van der Waals surface area contributed by atoms with Crippen molar-refractivity contribution in [1.82, 2.24) is 10.3 Å². The maximum absolute atomic E-state index is 12.5. The van der Waals surface area contributed by atoms with Crippen LogP contribution in [0.1, 0.15) is 28.8 Å². The van der Waals surface area contributed by atoms with Crippen LogP contribution in [-0.4, -0.2) is 36.0 Å². The molecule has 1 aliphatic heterocycles. The van der Waals surface area contributed by atoms with E-state index in [0.29, 0.717) is 12.3 Å². The van der Waals surface area contributed by atoms with Crippen LogP contribution in [0.25, 0.3) is 0 Å². The van der Waals surface area contributed by atoms with E-state index in [-0.39, 0.29) is 11.3 Å². The Kier molecular flexibility index (Phi) is 5.31. The highest BCUT2D eigenvalue weighted by atomic mass is 16.6. The predicted molar refractivity (Wildman–Crippen MR) is 96.5 cm³/mol. The normalized spacial score (nSPS) is 13.5. The number of ether oxygens (including phenoxy) is 1. The summed E-state index contributed by atoms with van der Waals surface area (Å²) in [4.78, 5) is 29.5. The number of non-ortho nitro benzene ring substituents is 1. The first-order chi connectivity index (χ1) is 12.6. The summed E-state index contributed by atoms with van der Waals surface area (Å²) in [5, 5.41) is 13.7. The SMILES string of the molecule is COc1ccc([N+](=O)[O-])cc1C(=O)NCc1ccnc(N2CCCC2)c1. The van der Waals surface area contributed by atoms with E-state index in [1.807, 2.05) is 12.1 Å². The first-order valence-corrected chi connectivity index (χ1v) is 8.39. The van der Waals surface area contributed by atoms with Gasteiger partial charge in [0.05, 0.1) is 17.6 Å². The van der Waals surface area contributed by atoms with Crippen LogP contribution in [0.5, 0.6) is 5.75 Å². The molecule has 1 fully saturated rings. The van der Waals surface area contributed by atoms with Crippen LogP contribution in [0.15, 0.2) is 36.5 Å². The number of nitro groups is 1. The molecule has 0 aliphatic carbocycles. The van der Waals surface area contributed by atoms with E-state index in [1.54, 1.807) is 6.20 Å². The minimum atomic E-state index is -0.540. The maximum atomic E-state index is 12.5. The third-order valence-corrected chi connectivity index (χ3v) is 4.33. The summed E-state index contributed by atoms with van der Waals surface area (Å²) < 4.78 is 5.14. The van der Waals surface area contributed by atoms with E-state index < -0.39 is 10.8 Å². The summed E-state index contributed by atoms with van der Waals surface area (Å²) in [6, 6.07) is 7.74. The third kappa shape index (κ3) is 3.90. The van der Waals surface area contributed by atoms with Crippen LogP contribution in [0, 0.1) is 10.1 Å². The van der Waals surface area contributed by atoms with Gasteiger partial charge in [-0.05, 0) is 36.6 Å². The average Bonchev–Trinajstić information content (AvgIpc) is 3.20. The topological polar surface area (TPSA) is 97.6 Å². The number of methoxy groups -OCH3 is 1. The number of hydrogen-bond acceptors (Lipinski definition) is 6. The Balaban J connectivity index is 1.72. The van der Waals surface area contributed by atoms with Crippen molar-refractivity contribution in [2.45, 2.75) is 19.4 Å². The number of anilines is 1. The number of amides is 1. The Morgan fingerprint density at radius 2 is 2.08 bits per heavy atom. The second-order valence-corrected chi connectivity index (χ2v) is 6.04. The van der Waals surface area contributed by atoms with Gasteiger partial charge in [-0.2, -0.15) is 0 Å². The van der Waals surface area contributed by atoms with E-state index in [2.05, 4.69) is 15.2 Å². The van der Waals surface area contributed by atoms with Crippen molar-refractivity contribution in [3.63, 3.8) is 0 Å². The van der Waals surface area contributed by atoms with Crippen LogP contribution in [0.3, 0.4) is 0 Å². The lowest BCUT2D eigenvalue weighted by Gasteiger charge is -2.17. The molecule has 0 bridgehead atoms. The summed E-state index contributed by atoms with van der Waals surface area (Å²) in [6.45, 7) is 2.29. The van der Waals surface area contributed by atoms with Crippen molar-refractivity contribution in [1.29, 1.82) is 0 Å². The highest BCUT2D eigenvalue weighted by molar-refractivity contribution is 5.97. The quantitative estimate of drug-likeness (QED) is 0.631. The first kappa shape index (κ1) is 17.7.